The van der Waals surface area contributed by atoms with Gasteiger partial charge in [0.2, 0.25) is 0 Å². The van der Waals surface area contributed by atoms with Crippen molar-refractivity contribution < 1.29 is 13.2 Å². The fourth-order valence-electron chi connectivity index (χ4n) is 0.686. The molecule has 7 heteroatoms. The highest BCUT2D eigenvalue weighted by molar-refractivity contribution is 5.85. The summed E-state index contributed by atoms with van der Waals surface area (Å²) in [5.41, 5.74) is 1.26. The maximum absolute atomic E-state index is 12.0. The van der Waals surface area contributed by atoms with E-state index in [1.165, 1.54) is 0 Å². The molecule has 3 nitrogen and oxygen atoms in total. The van der Waals surface area contributed by atoms with Crippen molar-refractivity contribution in [3.05, 3.63) is 23.9 Å². The highest BCUT2D eigenvalue weighted by atomic mass is 35.5. The van der Waals surface area contributed by atoms with E-state index in [1.54, 1.807) is 0 Å². The molecule has 1 heterocycles. The Bertz CT molecular complexity index is 276. The molecule has 0 amide bonds. The van der Waals surface area contributed by atoms with Crippen LogP contribution in [0.25, 0.3) is 0 Å². The molecule has 1 aromatic rings. The van der Waals surface area contributed by atoms with E-state index >= 15 is 0 Å². The lowest BCUT2D eigenvalue weighted by molar-refractivity contribution is -0.137. The van der Waals surface area contributed by atoms with Gasteiger partial charge < -0.3 is 5.43 Å². The van der Waals surface area contributed by atoms with Crippen molar-refractivity contribution in [1.82, 2.24) is 4.98 Å². The molecule has 0 bridgehead atoms. The molecule has 0 radical (unpaired) electrons. The van der Waals surface area contributed by atoms with Gasteiger partial charge in [-0.15, -0.1) is 12.4 Å². The average molecular weight is 214 g/mol. The van der Waals surface area contributed by atoms with Crippen LogP contribution in [-0.4, -0.2) is 4.98 Å². The molecular formula is C6H7ClF3N3. The highest BCUT2D eigenvalue weighted by Gasteiger charge is 2.30. The predicted molar refractivity (Wildman–Crippen MR) is 44.3 cm³/mol. The topological polar surface area (TPSA) is 50.9 Å². The molecular weight excluding hydrogens is 207 g/mol. The second-order valence-corrected chi connectivity index (χ2v) is 2.07. The molecule has 13 heavy (non-hydrogen) atoms. The van der Waals surface area contributed by atoms with Crippen molar-refractivity contribution in [2.75, 3.05) is 5.43 Å². The zero-order chi connectivity index (χ0) is 9.19. The van der Waals surface area contributed by atoms with Gasteiger partial charge >= 0.3 is 6.18 Å². The number of nitrogens with two attached hydrogens (primary N) is 1. The van der Waals surface area contributed by atoms with Crippen LogP contribution in [0.2, 0.25) is 0 Å². The Hall–Kier alpha value is -1.01. The fraction of sp³-hybridized carbons (Fsp3) is 0.167. The van der Waals surface area contributed by atoms with Gasteiger partial charge in [0, 0.05) is 6.20 Å². The number of nitrogen functional groups attached to an aromatic ring is 1. The van der Waals surface area contributed by atoms with Crippen molar-refractivity contribution in [3.63, 3.8) is 0 Å². The van der Waals surface area contributed by atoms with Gasteiger partial charge in [0.25, 0.3) is 0 Å². The standard InChI is InChI=1S/C6H6F3N3.ClH/c7-6(8,9)4-1-2-11-5(3-4)12-10;/h1-3H,10H2,(H,11,12);1H. The summed E-state index contributed by atoms with van der Waals surface area (Å²) < 4.78 is 36.0. The molecule has 3 N–H and O–H groups in total. The van der Waals surface area contributed by atoms with Crippen molar-refractivity contribution in [1.29, 1.82) is 0 Å². The Morgan fingerprint density at radius 1 is 1.38 bits per heavy atom. The number of alkyl halides is 3. The van der Waals surface area contributed by atoms with Gasteiger partial charge in [0.1, 0.15) is 5.82 Å². The Labute approximate surface area is 78.5 Å². The van der Waals surface area contributed by atoms with Gasteiger partial charge in [-0.2, -0.15) is 13.2 Å². The third kappa shape index (κ3) is 3.08. The number of anilines is 1. The van der Waals surface area contributed by atoms with Crippen LogP contribution in [0.4, 0.5) is 19.0 Å². The smallest absolute Gasteiger partial charge is 0.308 e. The molecule has 1 rings (SSSR count). The number of hydrogen-bond acceptors (Lipinski definition) is 3. The third-order valence-electron chi connectivity index (χ3n) is 1.24. The number of aromatic nitrogens is 1. The lowest BCUT2D eigenvalue weighted by atomic mass is 10.2. The molecule has 74 valence electrons. The van der Waals surface area contributed by atoms with Gasteiger partial charge in [0.15, 0.2) is 0 Å². The quantitative estimate of drug-likeness (QED) is 0.553. The summed E-state index contributed by atoms with van der Waals surface area (Å²) in [6, 6.07) is 1.71. The van der Waals surface area contributed by atoms with Crippen molar-refractivity contribution in [2.24, 2.45) is 5.84 Å². The van der Waals surface area contributed by atoms with Crippen LogP contribution >= 0.6 is 12.4 Å². The van der Waals surface area contributed by atoms with Gasteiger partial charge in [-0.1, -0.05) is 0 Å². The van der Waals surface area contributed by atoms with E-state index in [-0.39, 0.29) is 18.2 Å². The summed E-state index contributed by atoms with van der Waals surface area (Å²) in [5, 5.41) is 0. The number of halogens is 4. The molecule has 1 aromatic heterocycles. The zero-order valence-corrected chi connectivity index (χ0v) is 7.12. The first kappa shape index (κ1) is 12.0. The van der Waals surface area contributed by atoms with E-state index in [0.29, 0.717) is 0 Å². The number of rotatable bonds is 1. The van der Waals surface area contributed by atoms with E-state index in [9.17, 15) is 13.2 Å². The average Bonchev–Trinajstić information content (AvgIpc) is 2.03. The summed E-state index contributed by atoms with van der Waals surface area (Å²) in [4.78, 5) is 3.54. The molecule has 0 saturated heterocycles. The second kappa shape index (κ2) is 4.29. The Kier molecular flexibility index (Phi) is 3.96. The summed E-state index contributed by atoms with van der Waals surface area (Å²) in [6.45, 7) is 0. The molecule has 0 unspecified atom stereocenters. The maximum atomic E-state index is 12.0. The molecule has 0 fully saturated rings. The lowest BCUT2D eigenvalue weighted by Crippen LogP contribution is -2.11. The minimum atomic E-state index is -4.35. The van der Waals surface area contributed by atoms with E-state index in [2.05, 4.69) is 4.98 Å². The number of hydrogen-bond donors (Lipinski definition) is 2. The van der Waals surface area contributed by atoms with Crippen molar-refractivity contribution >= 4 is 18.2 Å². The molecule has 0 atom stereocenters. The maximum Gasteiger partial charge on any atom is 0.416 e. The number of nitrogens with one attached hydrogen (secondary N) is 1. The van der Waals surface area contributed by atoms with Crippen LogP contribution < -0.4 is 11.3 Å². The molecule has 0 saturated carbocycles. The van der Waals surface area contributed by atoms with Crippen LogP contribution in [0, 0.1) is 0 Å². The minimum absolute atomic E-state index is 0. The van der Waals surface area contributed by atoms with Crippen LogP contribution in [-0.2, 0) is 6.18 Å². The predicted octanol–water partition coefficient (Wildman–Crippen LogP) is 1.81. The van der Waals surface area contributed by atoms with E-state index in [1.807, 2.05) is 5.43 Å². The highest BCUT2D eigenvalue weighted by Crippen LogP contribution is 2.29. The fourth-order valence-corrected chi connectivity index (χ4v) is 0.686. The number of nitrogens with zero attached hydrogens (tertiary/aromatic N) is 1. The van der Waals surface area contributed by atoms with Crippen molar-refractivity contribution in [2.45, 2.75) is 6.18 Å². The minimum Gasteiger partial charge on any atom is -0.308 e. The second-order valence-electron chi connectivity index (χ2n) is 2.07. The monoisotopic (exact) mass is 213 g/mol. The first-order chi connectivity index (χ1) is 5.54. The summed E-state index contributed by atoms with van der Waals surface area (Å²) in [7, 11) is 0. The molecule has 0 aliphatic rings. The largest absolute Gasteiger partial charge is 0.416 e. The van der Waals surface area contributed by atoms with Gasteiger partial charge in [-0.25, -0.2) is 10.8 Å². The van der Waals surface area contributed by atoms with E-state index in [0.717, 1.165) is 18.3 Å². The molecule has 0 spiro atoms. The van der Waals surface area contributed by atoms with Gasteiger partial charge in [-0.3, -0.25) is 0 Å². The van der Waals surface area contributed by atoms with E-state index < -0.39 is 11.7 Å². The van der Waals surface area contributed by atoms with Crippen LogP contribution in [0.3, 0.4) is 0 Å². The van der Waals surface area contributed by atoms with Crippen LogP contribution in [0.15, 0.2) is 18.3 Å². The van der Waals surface area contributed by atoms with Gasteiger partial charge in [-0.05, 0) is 12.1 Å². The number of hydrazine groups is 1. The Balaban J connectivity index is 0.00000144. The van der Waals surface area contributed by atoms with Crippen LogP contribution in [0.1, 0.15) is 5.56 Å². The van der Waals surface area contributed by atoms with Gasteiger partial charge in [0.05, 0.1) is 5.56 Å². The third-order valence-corrected chi connectivity index (χ3v) is 1.24. The van der Waals surface area contributed by atoms with Crippen LogP contribution in [0.5, 0.6) is 0 Å². The molecule has 0 aliphatic heterocycles. The lowest BCUT2D eigenvalue weighted by Gasteiger charge is -2.06. The Morgan fingerprint density at radius 2 is 2.00 bits per heavy atom. The van der Waals surface area contributed by atoms with E-state index in [4.69, 9.17) is 5.84 Å². The normalized spacial score (nSPS) is 10.5. The first-order valence-corrected chi connectivity index (χ1v) is 3.04. The summed E-state index contributed by atoms with van der Waals surface area (Å²) >= 11 is 0. The summed E-state index contributed by atoms with van der Waals surface area (Å²) in [6.07, 6.45) is -3.31. The molecule has 0 aliphatic carbocycles. The van der Waals surface area contributed by atoms with Crippen molar-refractivity contribution in [3.8, 4) is 0 Å². The zero-order valence-electron chi connectivity index (χ0n) is 6.30. The molecule has 0 aromatic carbocycles. The first-order valence-electron chi connectivity index (χ1n) is 3.04. The summed E-state index contributed by atoms with van der Waals surface area (Å²) in [5.74, 6) is 4.87. The Morgan fingerprint density at radius 3 is 2.46 bits per heavy atom. The number of pyridine rings is 1. The SMILES string of the molecule is Cl.NNc1cc(C(F)(F)F)ccn1.